The number of para-hydroxylation sites is 1. The smallest absolute Gasteiger partial charge is 0.251 e. The van der Waals surface area contributed by atoms with Gasteiger partial charge in [-0.05, 0) is 49.2 Å². The summed E-state index contributed by atoms with van der Waals surface area (Å²) in [7, 11) is 0. The molecule has 2 N–H and O–H groups in total. The predicted molar refractivity (Wildman–Crippen MR) is 103 cm³/mol. The van der Waals surface area contributed by atoms with E-state index in [1.807, 2.05) is 31.2 Å². The minimum Gasteiger partial charge on any atom is -0.491 e. The number of carbonyl (C=O) groups excluding carboxylic acids is 2. The molecule has 5 nitrogen and oxygen atoms in total. The highest BCUT2D eigenvalue weighted by Gasteiger charge is 2.06. The molecule has 0 aliphatic heterocycles. The van der Waals surface area contributed by atoms with Crippen molar-refractivity contribution in [2.45, 2.75) is 19.8 Å². The van der Waals surface area contributed by atoms with Crippen molar-refractivity contribution in [2.75, 3.05) is 19.7 Å². The summed E-state index contributed by atoms with van der Waals surface area (Å²) in [4.78, 5) is 23.7. The number of ether oxygens (including phenoxy) is 1. The molecule has 6 heteroatoms. The molecular formula is C20H23ClN2O3. The van der Waals surface area contributed by atoms with Crippen LogP contribution in [0.25, 0.3) is 0 Å². The van der Waals surface area contributed by atoms with Crippen molar-refractivity contribution in [3.63, 3.8) is 0 Å². The second-order valence-corrected chi connectivity index (χ2v) is 6.27. The number of benzene rings is 2. The van der Waals surface area contributed by atoms with Crippen LogP contribution >= 0.6 is 11.6 Å². The minimum atomic E-state index is -0.172. The number of halogens is 1. The van der Waals surface area contributed by atoms with Gasteiger partial charge in [-0.1, -0.05) is 29.8 Å². The summed E-state index contributed by atoms with van der Waals surface area (Å²) in [6.07, 6.45) is 0.926. The van der Waals surface area contributed by atoms with E-state index in [1.54, 1.807) is 24.3 Å². The van der Waals surface area contributed by atoms with Gasteiger partial charge in [-0.3, -0.25) is 9.59 Å². The summed E-state index contributed by atoms with van der Waals surface area (Å²) in [6.45, 7) is 3.29. The summed E-state index contributed by atoms with van der Waals surface area (Å²) in [6, 6.07) is 14.4. The number of aryl methyl sites for hydroxylation is 1. The lowest BCUT2D eigenvalue weighted by Crippen LogP contribution is -2.29. The third-order valence-electron chi connectivity index (χ3n) is 3.75. The first-order chi connectivity index (χ1) is 12.6. The first-order valence-corrected chi connectivity index (χ1v) is 8.93. The summed E-state index contributed by atoms with van der Waals surface area (Å²) in [5.41, 5.74) is 1.61. The van der Waals surface area contributed by atoms with Gasteiger partial charge in [-0.15, -0.1) is 0 Å². The molecule has 0 atom stereocenters. The van der Waals surface area contributed by atoms with Crippen LogP contribution in [-0.2, 0) is 4.79 Å². The summed E-state index contributed by atoms with van der Waals surface area (Å²) < 4.78 is 5.62. The summed E-state index contributed by atoms with van der Waals surface area (Å²) in [5.74, 6) is 0.597. The number of amides is 2. The van der Waals surface area contributed by atoms with Gasteiger partial charge in [-0.25, -0.2) is 0 Å². The quantitative estimate of drug-likeness (QED) is 0.661. The molecule has 0 spiro atoms. The lowest BCUT2D eigenvalue weighted by Gasteiger charge is -2.10. The van der Waals surface area contributed by atoms with E-state index in [0.29, 0.717) is 43.1 Å². The second-order valence-electron chi connectivity index (χ2n) is 5.83. The van der Waals surface area contributed by atoms with Crippen LogP contribution in [0, 0.1) is 6.92 Å². The van der Waals surface area contributed by atoms with Crippen molar-refractivity contribution in [1.29, 1.82) is 0 Å². The first kappa shape index (κ1) is 19.8. The molecule has 0 bridgehead atoms. The standard InChI is InChI=1S/C20H23ClN2O3/c1-15-5-2-3-6-18(15)26-14-13-22-19(24)7-4-12-23-20(25)16-8-10-17(21)11-9-16/h2-3,5-6,8-11H,4,7,12-14H2,1H3,(H,22,24)(H,23,25). The van der Waals surface area contributed by atoms with Crippen LogP contribution in [0.15, 0.2) is 48.5 Å². The van der Waals surface area contributed by atoms with Crippen molar-refractivity contribution in [1.82, 2.24) is 10.6 Å². The Balaban J connectivity index is 1.55. The molecule has 2 rings (SSSR count). The maximum absolute atomic E-state index is 11.9. The van der Waals surface area contributed by atoms with Gasteiger partial charge in [0, 0.05) is 23.6 Å². The van der Waals surface area contributed by atoms with Gasteiger partial charge in [0.1, 0.15) is 12.4 Å². The van der Waals surface area contributed by atoms with Gasteiger partial charge < -0.3 is 15.4 Å². The number of hydrogen-bond acceptors (Lipinski definition) is 3. The first-order valence-electron chi connectivity index (χ1n) is 8.55. The molecule has 26 heavy (non-hydrogen) atoms. The second kappa shape index (κ2) is 10.5. The lowest BCUT2D eigenvalue weighted by atomic mass is 10.2. The molecule has 0 saturated carbocycles. The number of hydrogen-bond donors (Lipinski definition) is 2. The lowest BCUT2D eigenvalue weighted by molar-refractivity contribution is -0.121. The molecule has 0 saturated heterocycles. The van der Waals surface area contributed by atoms with E-state index in [4.69, 9.17) is 16.3 Å². The topological polar surface area (TPSA) is 67.4 Å². The van der Waals surface area contributed by atoms with Crippen LogP contribution in [0.5, 0.6) is 5.75 Å². The number of carbonyl (C=O) groups is 2. The van der Waals surface area contributed by atoms with Crippen LogP contribution in [0.4, 0.5) is 0 Å². The Morgan fingerprint density at radius 3 is 2.46 bits per heavy atom. The van der Waals surface area contributed by atoms with Crippen LogP contribution in [0.2, 0.25) is 5.02 Å². The molecule has 0 aromatic heterocycles. The van der Waals surface area contributed by atoms with Crippen molar-refractivity contribution in [3.05, 3.63) is 64.7 Å². The van der Waals surface area contributed by atoms with E-state index >= 15 is 0 Å². The Hall–Kier alpha value is -2.53. The van der Waals surface area contributed by atoms with Crippen molar-refractivity contribution >= 4 is 23.4 Å². The third kappa shape index (κ3) is 6.76. The molecule has 2 aromatic carbocycles. The van der Waals surface area contributed by atoms with Gasteiger partial charge >= 0.3 is 0 Å². The number of rotatable bonds is 9. The fraction of sp³-hybridized carbons (Fsp3) is 0.300. The average molecular weight is 375 g/mol. The molecule has 138 valence electrons. The van der Waals surface area contributed by atoms with Crippen LogP contribution < -0.4 is 15.4 Å². The van der Waals surface area contributed by atoms with Gasteiger partial charge in [0.2, 0.25) is 5.91 Å². The highest BCUT2D eigenvalue weighted by Crippen LogP contribution is 2.15. The Morgan fingerprint density at radius 2 is 1.73 bits per heavy atom. The van der Waals surface area contributed by atoms with E-state index in [0.717, 1.165) is 11.3 Å². The molecule has 0 aliphatic carbocycles. The van der Waals surface area contributed by atoms with Crippen LogP contribution in [0.1, 0.15) is 28.8 Å². The maximum atomic E-state index is 11.9. The molecule has 2 aromatic rings. The molecule has 0 unspecified atom stereocenters. The zero-order valence-corrected chi connectivity index (χ0v) is 15.5. The Morgan fingerprint density at radius 1 is 1.00 bits per heavy atom. The molecular weight excluding hydrogens is 352 g/mol. The van der Waals surface area contributed by atoms with Crippen molar-refractivity contribution < 1.29 is 14.3 Å². The molecule has 0 heterocycles. The highest BCUT2D eigenvalue weighted by atomic mass is 35.5. The predicted octanol–water partition coefficient (Wildman–Crippen LogP) is 3.35. The highest BCUT2D eigenvalue weighted by molar-refractivity contribution is 6.30. The Bertz CT molecular complexity index is 732. The van der Waals surface area contributed by atoms with Crippen molar-refractivity contribution in [3.8, 4) is 5.75 Å². The SMILES string of the molecule is Cc1ccccc1OCCNC(=O)CCCNC(=O)c1ccc(Cl)cc1. The average Bonchev–Trinajstić information content (AvgIpc) is 2.64. The van der Waals surface area contributed by atoms with E-state index in [-0.39, 0.29) is 11.8 Å². The molecule has 0 aliphatic rings. The number of nitrogens with one attached hydrogen (secondary N) is 2. The monoisotopic (exact) mass is 374 g/mol. The maximum Gasteiger partial charge on any atom is 0.251 e. The Labute approximate surface area is 158 Å². The van der Waals surface area contributed by atoms with E-state index in [1.165, 1.54) is 0 Å². The summed E-state index contributed by atoms with van der Waals surface area (Å²) in [5, 5.41) is 6.18. The van der Waals surface area contributed by atoms with E-state index in [2.05, 4.69) is 10.6 Å². The summed E-state index contributed by atoms with van der Waals surface area (Å²) >= 11 is 5.79. The molecule has 0 radical (unpaired) electrons. The zero-order chi connectivity index (χ0) is 18.8. The zero-order valence-electron chi connectivity index (χ0n) is 14.8. The fourth-order valence-corrected chi connectivity index (χ4v) is 2.44. The van der Waals surface area contributed by atoms with Gasteiger partial charge in [-0.2, -0.15) is 0 Å². The van der Waals surface area contributed by atoms with Gasteiger partial charge in [0.05, 0.1) is 6.54 Å². The van der Waals surface area contributed by atoms with E-state index in [9.17, 15) is 9.59 Å². The van der Waals surface area contributed by atoms with E-state index < -0.39 is 0 Å². The van der Waals surface area contributed by atoms with Gasteiger partial charge in [0.25, 0.3) is 5.91 Å². The largest absolute Gasteiger partial charge is 0.491 e. The van der Waals surface area contributed by atoms with Gasteiger partial charge in [0.15, 0.2) is 0 Å². The third-order valence-corrected chi connectivity index (χ3v) is 4.00. The van der Waals surface area contributed by atoms with Crippen molar-refractivity contribution in [2.24, 2.45) is 0 Å². The normalized spacial score (nSPS) is 10.2. The van der Waals surface area contributed by atoms with Crippen LogP contribution in [-0.4, -0.2) is 31.5 Å². The minimum absolute atomic E-state index is 0.0564. The molecule has 2 amide bonds. The Kier molecular flexibility index (Phi) is 7.96. The van der Waals surface area contributed by atoms with Crippen LogP contribution in [0.3, 0.4) is 0 Å². The molecule has 0 fully saturated rings. The fourth-order valence-electron chi connectivity index (χ4n) is 2.31.